The van der Waals surface area contributed by atoms with Crippen molar-refractivity contribution in [2.45, 2.75) is 12.5 Å². The maximum absolute atomic E-state index is 12.7. The summed E-state index contributed by atoms with van der Waals surface area (Å²) in [6, 6.07) is 1.86. The largest absolute Gasteiger partial charge is 0.394 e. The Balaban J connectivity index is 3.15. The van der Waals surface area contributed by atoms with Gasteiger partial charge in [-0.2, -0.15) is 0 Å². The first kappa shape index (κ1) is 11.0. The summed E-state index contributed by atoms with van der Waals surface area (Å²) in [4.78, 5) is 0. The van der Waals surface area contributed by atoms with Gasteiger partial charge in [0.05, 0.1) is 12.6 Å². The van der Waals surface area contributed by atoms with Crippen molar-refractivity contribution in [2.24, 2.45) is 5.73 Å². The molecule has 0 aliphatic carbocycles. The summed E-state index contributed by atoms with van der Waals surface area (Å²) in [6.45, 7) is -0.497. The third-order valence-corrected chi connectivity index (χ3v) is 1.88. The predicted octanol–water partition coefficient (Wildman–Crippen LogP) is 1.76. The maximum atomic E-state index is 12.7. The zero-order valence-corrected chi connectivity index (χ0v) is 7.25. The van der Waals surface area contributed by atoms with Crippen LogP contribution in [0, 0.1) is 5.82 Å². The minimum Gasteiger partial charge on any atom is -0.394 e. The number of hydrogen-bond donors (Lipinski definition) is 2. The lowest BCUT2D eigenvalue weighted by Gasteiger charge is -2.13. The molecule has 0 bridgehead atoms. The van der Waals surface area contributed by atoms with Crippen LogP contribution in [-0.2, 0) is 0 Å². The van der Waals surface area contributed by atoms with Gasteiger partial charge in [-0.15, -0.1) is 0 Å². The summed E-state index contributed by atoms with van der Waals surface area (Å²) in [5.41, 5.74) is 4.96. The van der Waals surface area contributed by atoms with E-state index in [9.17, 15) is 13.2 Å². The Morgan fingerprint density at radius 3 is 2.43 bits per heavy atom. The smallest absolute Gasteiger partial charge is 0.264 e. The molecule has 0 spiro atoms. The predicted molar refractivity (Wildman–Crippen MR) is 45.4 cm³/mol. The zero-order valence-electron chi connectivity index (χ0n) is 7.25. The van der Waals surface area contributed by atoms with E-state index in [1.54, 1.807) is 0 Å². The Hall–Kier alpha value is -1.07. The van der Waals surface area contributed by atoms with Crippen molar-refractivity contribution in [1.29, 1.82) is 0 Å². The molecule has 0 aliphatic rings. The second kappa shape index (κ2) is 4.43. The van der Waals surface area contributed by atoms with Crippen LogP contribution in [0.2, 0.25) is 0 Å². The SMILES string of the molecule is N[C@@H](CO)c1cc(F)ccc1C(F)F. The van der Waals surface area contributed by atoms with Crippen molar-refractivity contribution >= 4 is 0 Å². The van der Waals surface area contributed by atoms with Crippen molar-refractivity contribution < 1.29 is 18.3 Å². The fourth-order valence-electron chi connectivity index (χ4n) is 1.16. The molecule has 0 radical (unpaired) electrons. The molecule has 0 saturated carbocycles. The molecule has 0 aromatic heterocycles. The monoisotopic (exact) mass is 205 g/mol. The van der Waals surface area contributed by atoms with Crippen molar-refractivity contribution in [1.82, 2.24) is 0 Å². The molecule has 1 aromatic carbocycles. The molecular formula is C9H10F3NO. The number of aliphatic hydroxyl groups is 1. The molecular weight excluding hydrogens is 195 g/mol. The molecule has 14 heavy (non-hydrogen) atoms. The summed E-state index contributed by atoms with van der Waals surface area (Å²) in [7, 11) is 0. The number of rotatable bonds is 3. The van der Waals surface area contributed by atoms with E-state index in [1.165, 1.54) is 0 Å². The molecule has 0 aliphatic heterocycles. The molecule has 0 saturated heterocycles. The first-order chi connectivity index (χ1) is 6.56. The Kier molecular flexibility index (Phi) is 3.49. The molecule has 78 valence electrons. The summed E-state index contributed by atoms with van der Waals surface area (Å²) in [5, 5.41) is 8.69. The molecule has 0 fully saturated rings. The summed E-state index contributed by atoms with van der Waals surface area (Å²) in [5.74, 6) is -0.645. The number of nitrogens with two attached hydrogens (primary N) is 1. The van der Waals surface area contributed by atoms with Crippen molar-refractivity contribution in [3.63, 3.8) is 0 Å². The molecule has 3 N–H and O–H groups in total. The van der Waals surface area contributed by atoms with Gasteiger partial charge in [-0.3, -0.25) is 0 Å². The molecule has 1 rings (SSSR count). The van der Waals surface area contributed by atoms with E-state index in [4.69, 9.17) is 10.8 Å². The van der Waals surface area contributed by atoms with E-state index < -0.39 is 24.9 Å². The zero-order chi connectivity index (χ0) is 10.7. The van der Waals surface area contributed by atoms with Crippen LogP contribution in [0.1, 0.15) is 23.6 Å². The highest BCUT2D eigenvalue weighted by atomic mass is 19.3. The average molecular weight is 205 g/mol. The highest BCUT2D eigenvalue weighted by Gasteiger charge is 2.17. The van der Waals surface area contributed by atoms with Crippen LogP contribution in [-0.4, -0.2) is 11.7 Å². The second-order valence-corrected chi connectivity index (χ2v) is 2.86. The molecule has 0 heterocycles. The Morgan fingerprint density at radius 2 is 1.93 bits per heavy atom. The third kappa shape index (κ3) is 2.24. The molecule has 0 amide bonds. The fourth-order valence-corrected chi connectivity index (χ4v) is 1.16. The fraction of sp³-hybridized carbons (Fsp3) is 0.333. The van der Waals surface area contributed by atoms with Crippen molar-refractivity contribution in [3.8, 4) is 0 Å². The van der Waals surface area contributed by atoms with Crippen LogP contribution < -0.4 is 5.73 Å². The second-order valence-electron chi connectivity index (χ2n) is 2.86. The van der Waals surface area contributed by atoms with Crippen LogP contribution in [0.25, 0.3) is 0 Å². The molecule has 5 heteroatoms. The maximum Gasteiger partial charge on any atom is 0.264 e. The van der Waals surface area contributed by atoms with E-state index >= 15 is 0 Å². The lowest BCUT2D eigenvalue weighted by atomic mass is 10.0. The quantitative estimate of drug-likeness (QED) is 0.789. The number of halogens is 3. The van der Waals surface area contributed by atoms with E-state index in [-0.39, 0.29) is 11.1 Å². The summed E-state index contributed by atoms with van der Waals surface area (Å²) in [6.07, 6.45) is -2.72. The standard InChI is InChI=1S/C9H10F3NO/c10-5-1-2-6(9(11)12)7(3-5)8(13)4-14/h1-3,8-9,14H,4,13H2/t8-/m0/s1. The first-order valence-corrected chi connectivity index (χ1v) is 4.00. The lowest BCUT2D eigenvalue weighted by molar-refractivity contribution is 0.148. The van der Waals surface area contributed by atoms with E-state index in [0.29, 0.717) is 0 Å². The van der Waals surface area contributed by atoms with Gasteiger partial charge in [0.25, 0.3) is 6.43 Å². The van der Waals surface area contributed by atoms with Gasteiger partial charge < -0.3 is 10.8 Å². The van der Waals surface area contributed by atoms with Gasteiger partial charge in [-0.1, -0.05) is 6.07 Å². The third-order valence-electron chi connectivity index (χ3n) is 1.88. The van der Waals surface area contributed by atoms with Gasteiger partial charge in [0.15, 0.2) is 0 Å². The van der Waals surface area contributed by atoms with Crippen LogP contribution in [0.4, 0.5) is 13.2 Å². The molecule has 1 atom stereocenters. The van der Waals surface area contributed by atoms with Gasteiger partial charge in [0.1, 0.15) is 5.82 Å². The van der Waals surface area contributed by atoms with Crippen LogP contribution in [0.3, 0.4) is 0 Å². The number of hydrogen-bond acceptors (Lipinski definition) is 2. The summed E-state index contributed by atoms with van der Waals surface area (Å²) < 4.78 is 37.5. The highest BCUT2D eigenvalue weighted by molar-refractivity contribution is 5.31. The number of aliphatic hydroxyl groups excluding tert-OH is 1. The first-order valence-electron chi connectivity index (χ1n) is 4.00. The topological polar surface area (TPSA) is 46.2 Å². The van der Waals surface area contributed by atoms with Crippen LogP contribution >= 0.6 is 0 Å². The molecule has 1 aromatic rings. The Labute approximate surface area is 79.2 Å². The minimum absolute atomic E-state index is 0.0532. The Morgan fingerprint density at radius 1 is 1.29 bits per heavy atom. The summed E-state index contributed by atoms with van der Waals surface area (Å²) >= 11 is 0. The Bertz CT molecular complexity index is 317. The van der Waals surface area contributed by atoms with Gasteiger partial charge in [-0.05, 0) is 17.7 Å². The average Bonchev–Trinajstić information content (AvgIpc) is 2.16. The lowest BCUT2D eigenvalue weighted by Crippen LogP contribution is -2.17. The van der Waals surface area contributed by atoms with Gasteiger partial charge in [-0.25, -0.2) is 13.2 Å². The number of benzene rings is 1. The molecule has 0 unspecified atom stereocenters. The van der Waals surface area contributed by atoms with E-state index in [1.807, 2.05) is 0 Å². The normalized spacial score (nSPS) is 13.3. The van der Waals surface area contributed by atoms with Gasteiger partial charge in [0.2, 0.25) is 0 Å². The van der Waals surface area contributed by atoms with Gasteiger partial charge in [0, 0.05) is 5.56 Å². The number of alkyl halides is 2. The van der Waals surface area contributed by atoms with Crippen LogP contribution in [0.15, 0.2) is 18.2 Å². The van der Waals surface area contributed by atoms with Crippen LogP contribution in [0.5, 0.6) is 0 Å². The van der Waals surface area contributed by atoms with Crippen molar-refractivity contribution in [3.05, 3.63) is 35.1 Å². The molecule has 2 nitrogen and oxygen atoms in total. The van der Waals surface area contributed by atoms with Crippen molar-refractivity contribution in [2.75, 3.05) is 6.61 Å². The van der Waals surface area contributed by atoms with E-state index in [0.717, 1.165) is 18.2 Å². The highest BCUT2D eigenvalue weighted by Crippen LogP contribution is 2.26. The van der Waals surface area contributed by atoms with E-state index in [2.05, 4.69) is 0 Å². The van der Waals surface area contributed by atoms with Gasteiger partial charge >= 0.3 is 0 Å². The minimum atomic E-state index is -2.72.